The number of rotatable bonds is 8. The highest BCUT2D eigenvalue weighted by molar-refractivity contribution is 14.0. The first-order valence-electron chi connectivity index (χ1n) is 8.77. The van der Waals surface area contributed by atoms with Gasteiger partial charge in [-0.3, -0.25) is 9.67 Å². The van der Waals surface area contributed by atoms with Gasteiger partial charge in [-0.05, 0) is 44.0 Å². The standard InChI is InChI=1S/C19H28FN5O.HI/c1-14-12-15(2)25(24-14)11-5-10-22-19(21-3)23-13-18(26-4)16-6-8-17(20)9-7-16;/h6-9,12,18H,5,10-11,13H2,1-4H3,(H2,21,22,23);1H. The summed E-state index contributed by atoms with van der Waals surface area (Å²) in [6.45, 7) is 6.25. The molecule has 0 aliphatic heterocycles. The Labute approximate surface area is 177 Å². The average molecular weight is 489 g/mol. The van der Waals surface area contributed by atoms with Gasteiger partial charge in [-0.2, -0.15) is 5.10 Å². The molecule has 27 heavy (non-hydrogen) atoms. The number of aliphatic imine (C=N–C) groups is 1. The third-order valence-electron chi connectivity index (χ3n) is 4.15. The molecule has 1 aromatic heterocycles. The Morgan fingerprint density at radius 2 is 1.96 bits per heavy atom. The van der Waals surface area contributed by atoms with Crippen LogP contribution in [0.3, 0.4) is 0 Å². The molecular weight excluding hydrogens is 460 g/mol. The molecule has 6 nitrogen and oxygen atoms in total. The SMILES string of the molecule is CN=C(NCCCn1nc(C)cc1C)NCC(OC)c1ccc(F)cc1.I. The third-order valence-corrected chi connectivity index (χ3v) is 4.15. The summed E-state index contributed by atoms with van der Waals surface area (Å²) < 4.78 is 20.6. The number of benzene rings is 1. The van der Waals surface area contributed by atoms with Crippen LogP contribution in [0.5, 0.6) is 0 Å². The van der Waals surface area contributed by atoms with E-state index in [0.29, 0.717) is 12.5 Å². The van der Waals surface area contributed by atoms with Crippen LogP contribution in [0.2, 0.25) is 0 Å². The molecule has 0 radical (unpaired) electrons. The van der Waals surface area contributed by atoms with E-state index in [0.717, 1.165) is 30.8 Å². The average Bonchev–Trinajstić information content (AvgIpc) is 2.95. The van der Waals surface area contributed by atoms with Crippen LogP contribution in [0.1, 0.15) is 29.5 Å². The van der Waals surface area contributed by atoms with E-state index < -0.39 is 0 Å². The second-order valence-corrected chi connectivity index (χ2v) is 6.16. The number of ether oxygens (including phenoxy) is 1. The lowest BCUT2D eigenvalue weighted by Crippen LogP contribution is -2.40. The highest BCUT2D eigenvalue weighted by Gasteiger charge is 2.11. The van der Waals surface area contributed by atoms with E-state index in [-0.39, 0.29) is 35.9 Å². The van der Waals surface area contributed by atoms with Crippen molar-refractivity contribution in [1.29, 1.82) is 0 Å². The largest absolute Gasteiger partial charge is 0.375 e. The van der Waals surface area contributed by atoms with E-state index in [9.17, 15) is 4.39 Å². The monoisotopic (exact) mass is 489 g/mol. The number of hydrogen-bond donors (Lipinski definition) is 2. The lowest BCUT2D eigenvalue weighted by atomic mass is 10.1. The summed E-state index contributed by atoms with van der Waals surface area (Å²) in [5.74, 6) is 0.458. The molecule has 1 aromatic carbocycles. The zero-order valence-corrected chi connectivity index (χ0v) is 18.7. The van der Waals surface area contributed by atoms with Crippen LogP contribution in [0.15, 0.2) is 35.3 Å². The second kappa shape index (κ2) is 11.9. The minimum atomic E-state index is -0.253. The van der Waals surface area contributed by atoms with E-state index in [1.165, 1.54) is 17.8 Å². The van der Waals surface area contributed by atoms with Crippen molar-refractivity contribution in [2.45, 2.75) is 32.9 Å². The second-order valence-electron chi connectivity index (χ2n) is 6.16. The third kappa shape index (κ3) is 7.45. The van der Waals surface area contributed by atoms with Crippen molar-refractivity contribution in [3.63, 3.8) is 0 Å². The van der Waals surface area contributed by atoms with Crippen molar-refractivity contribution in [3.8, 4) is 0 Å². The van der Waals surface area contributed by atoms with E-state index in [4.69, 9.17) is 4.74 Å². The summed E-state index contributed by atoms with van der Waals surface area (Å²) in [6, 6.07) is 8.42. The van der Waals surface area contributed by atoms with Crippen LogP contribution >= 0.6 is 24.0 Å². The van der Waals surface area contributed by atoms with E-state index in [1.807, 2.05) is 11.6 Å². The van der Waals surface area contributed by atoms with E-state index >= 15 is 0 Å². The number of halogens is 2. The van der Waals surface area contributed by atoms with Gasteiger partial charge in [0.1, 0.15) is 5.82 Å². The molecule has 1 heterocycles. The van der Waals surface area contributed by atoms with Crippen molar-refractivity contribution < 1.29 is 9.13 Å². The first kappa shape index (κ1) is 23.4. The topological polar surface area (TPSA) is 63.5 Å². The summed E-state index contributed by atoms with van der Waals surface area (Å²) in [4.78, 5) is 4.22. The fourth-order valence-corrected chi connectivity index (χ4v) is 2.76. The molecule has 0 amide bonds. The van der Waals surface area contributed by atoms with Gasteiger partial charge in [-0.15, -0.1) is 24.0 Å². The highest BCUT2D eigenvalue weighted by Crippen LogP contribution is 2.16. The molecule has 1 atom stereocenters. The zero-order chi connectivity index (χ0) is 18.9. The van der Waals surface area contributed by atoms with Crippen molar-refractivity contribution in [1.82, 2.24) is 20.4 Å². The number of nitrogens with zero attached hydrogens (tertiary/aromatic N) is 3. The van der Waals surface area contributed by atoms with Gasteiger partial charge in [0.25, 0.3) is 0 Å². The summed E-state index contributed by atoms with van der Waals surface area (Å²) in [5.41, 5.74) is 3.13. The van der Waals surface area contributed by atoms with Gasteiger partial charge in [-0.1, -0.05) is 12.1 Å². The Bertz CT molecular complexity index is 717. The Hall–Kier alpha value is -1.68. The number of nitrogens with one attached hydrogen (secondary N) is 2. The molecule has 2 aromatic rings. The number of aryl methyl sites for hydroxylation is 3. The zero-order valence-electron chi connectivity index (χ0n) is 16.3. The number of guanidine groups is 1. The number of hydrogen-bond acceptors (Lipinski definition) is 3. The Balaban J connectivity index is 0.00000364. The van der Waals surface area contributed by atoms with E-state index in [2.05, 4.69) is 33.7 Å². The van der Waals surface area contributed by atoms with Crippen LogP contribution in [0.4, 0.5) is 4.39 Å². The maximum atomic E-state index is 13.1. The molecule has 1 unspecified atom stereocenters. The van der Waals surface area contributed by atoms with Crippen LogP contribution in [0.25, 0.3) is 0 Å². The predicted octanol–water partition coefficient (Wildman–Crippen LogP) is 3.20. The molecule has 0 spiro atoms. The smallest absolute Gasteiger partial charge is 0.191 e. The fourth-order valence-electron chi connectivity index (χ4n) is 2.76. The molecule has 0 saturated heterocycles. The molecule has 0 saturated carbocycles. The Morgan fingerprint density at radius 1 is 1.26 bits per heavy atom. The quantitative estimate of drug-likeness (QED) is 0.259. The maximum absolute atomic E-state index is 13.1. The summed E-state index contributed by atoms with van der Waals surface area (Å²) in [6.07, 6.45) is 0.762. The molecule has 0 bridgehead atoms. The van der Waals surface area contributed by atoms with Crippen LogP contribution in [-0.2, 0) is 11.3 Å². The number of aromatic nitrogens is 2. The van der Waals surface area contributed by atoms with Crippen LogP contribution < -0.4 is 10.6 Å². The van der Waals surface area contributed by atoms with Gasteiger partial charge in [0, 0.05) is 39.5 Å². The Morgan fingerprint density at radius 3 is 2.52 bits per heavy atom. The minimum Gasteiger partial charge on any atom is -0.375 e. The molecule has 2 N–H and O–H groups in total. The first-order chi connectivity index (χ1) is 12.5. The van der Waals surface area contributed by atoms with Gasteiger partial charge in [0.05, 0.1) is 11.8 Å². The van der Waals surface area contributed by atoms with Gasteiger partial charge in [0.2, 0.25) is 0 Å². The van der Waals surface area contributed by atoms with Gasteiger partial charge < -0.3 is 15.4 Å². The molecule has 2 rings (SSSR count). The van der Waals surface area contributed by atoms with E-state index in [1.54, 1.807) is 26.3 Å². The van der Waals surface area contributed by atoms with Gasteiger partial charge >= 0.3 is 0 Å². The molecule has 0 fully saturated rings. The lowest BCUT2D eigenvalue weighted by molar-refractivity contribution is 0.106. The summed E-state index contributed by atoms with van der Waals surface area (Å²) in [5, 5.41) is 11.0. The van der Waals surface area contributed by atoms with Crippen LogP contribution in [-0.4, -0.2) is 43.0 Å². The van der Waals surface area contributed by atoms with Crippen molar-refractivity contribution in [3.05, 3.63) is 53.1 Å². The Kier molecular flexibility index (Phi) is 10.3. The molecule has 150 valence electrons. The van der Waals surface area contributed by atoms with Crippen LogP contribution in [0, 0.1) is 19.7 Å². The summed E-state index contributed by atoms with van der Waals surface area (Å²) in [7, 11) is 3.37. The maximum Gasteiger partial charge on any atom is 0.191 e. The van der Waals surface area contributed by atoms with Gasteiger partial charge in [0.15, 0.2) is 5.96 Å². The normalized spacial score (nSPS) is 12.4. The van der Waals surface area contributed by atoms with Crippen molar-refractivity contribution in [2.24, 2.45) is 4.99 Å². The fraction of sp³-hybridized carbons (Fsp3) is 0.474. The van der Waals surface area contributed by atoms with Crippen molar-refractivity contribution in [2.75, 3.05) is 27.2 Å². The predicted molar refractivity (Wildman–Crippen MR) is 117 cm³/mol. The van der Waals surface area contributed by atoms with Gasteiger partial charge in [-0.25, -0.2) is 4.39 Å². The molecule has 8 heteroatoms. The molecule has 0 aliphatic carbocycles. The lowest BCUT2D eigenvalue weighted by Gasteiger charge is -2.19. The van der Waals surface area contributed by atoms with Crippen molar-refractivity contribution >= 4 is 29.9 Å². The highest BCUT2D eigenvalue weighted by atomic mass is 127. The summed E-state index contributed by atoms with van der Waals surface area (Å²) >= 11 is 0. The minimum absolute atomic E-state index is 0. The first-order valence-corrected chi connectivity index (χ1v) is 8.77. The number of methoxy groups -OCH3 is 1. The molecule has 0 aliphatic rings. The molecular formula is C19H29FIN5O.